The highest BCUT2D eigenvalue weighted by molar-refractivity contribution is 6.34. The average Bonchev–Trinajstić information content (AvgIpc) is 2.46. The number of hydrogen-bond donors (Lipinski definition) is 1. The van der Waals surface area contributed by atoms with E-state index in [1.807, 2.05) is 0 Å². The van der Waals surface area contributed by atoms with Crippen molar-refractivity contribution in [3.05, 3.63) is 23.2 Å². The average molecular weight is 233 g/mol. The first-order chi connectivity index (χ1) is 6.99. The lowest BCUT2D eigenvalue weighted by Gasteiger charge is -2.21. The van der Waals surface area contributed by atoms with Crippen LogP contribution in [0.25, 0.3) is 0 Å². The highest BCUT2D eigenvalue weighted by atomic mass is 35.5. The number of para-hydroxylation sites is 1. The van der Waals surface area contributed by atoms with Crippen molar-refractivity contribution in [3.63, 3.8) is 0 Å². The molecule has 1 aromatic rings. The molecule has 15 heavy (non-hydrogen) atoms. The molecule has 1 saturated heterocycles. The summed E-state index contributed by atoms with van der Waals surface area (Å²) in [4.78, 5) is 1.54. The van der Waals surface area contributed by atoms with Crippen LogP contribution in [-0.4, -0.2) is 19.0 Å². The van der Waals surface area contributed by atoms with Gasteiger partial charge in [0.05, 0.1) is 22.9 Å². The van der Waals surface area contributed by atoms with E-state index in [4.69, 9.17) is 17.3 Å². The Morgan fingerprint density at radius 1 is 1.40 bits per heavy atom. The number of rotatable bonds is 1. The van der Waals surface area contributed by atoms with Crippen LogP contribution in [0.5, 0.6) is 0 Å². The van der Waals surface area contributed by atoms with Crippen molar-refractivity contribution in [1.82, 2.24) is 0 Å². The molecule has 82 valence electrons. The van der Waals surface area contributed by atoms with Gasteiger partial charge in [-0.25, -0.2) is 8.78 Å². The quantitative estimate of drug-likeness (QED) is 0.755. The SMILES string of the molecule is Nc1cccc(Cl)c1N1CCC(F)(F)C1. The lowest BCUT2D eigenvalue weighted by molar-refractivity contribution is 0.0257. The maximum atomic E-state index is 13.0. The summed E-state index contributed by atoms with van der Waals surface area (Å²) < 4.78 is 26.0. The third kappa shape index (κ3) is 2.00. The Kier molecular flexibility index (Phi) is 2.46. The molecular formula is C10H11ClF2N2. The Hall–Kier alpha value is -1.03. The number of alkyl halides is 2. The van der Waals surface area contributed by atoms with Gasteiger partial charge in [-0.05, 0) is 12.1 Å². The van der Waals surface area contributed by atoms with Gasteiger partial charge in [0.25, 0.3) is 5.92 Å². The number of nitrogens with two attached hydrogens (primary N) is 1. The lowest BCUT2D eigenvalue weighted by atomic mass is 10.2. The minimum Gasteiger partial charge on any atom is -0.397 e. The van der Waals surface area contributed by atoms with Crippen LogP contribution >= 0.6 is 11.6 Å². The van der Waals surface area contributed by atoms with Gasteiger partial charge >= 0.3 is 0 Å². The minimum absolute atomic E-state index is 0.141. The molecule has 1 aliphatic heterocycles. The first kappa shape index (κ1) is 10.5. The third-order valence-corrected chi connectivity index (χ3v) is 2.81. The highest BCUT2D eigenvalue weighted by Gasteiger charge is 2.39. The molecule has 1 aliphatic rings. The zero-order valence-electron chi connectivity index (χ0n) is 8.01. The molecule has 0 saturated carbocycles. The largest absolute Gasteiger partial charge is 0.397 e. The van der Waals surface area contributed by atoms with E-state index in [0.717, 1.165) is 0 Å². The Bertz CT molecular complexity index is 361. The molecule has 1 aromatic carbocycles. The van der Waals surface area contributed by atoms with Crippen molar-refractivity contribution in [3.8, 4) is 0 Å². The standard InChI is InChI=1S/C10H11ClF2N2/c11-7-2-1-3-8(14)9(7)15-5-4-10(12,13)6-15/h1-3H,4-6,14H2. The maximum Gasteiger partial charge on any atom is 0.266 e. The second-order valence-corrected chi connectivity index (χ2v) is 4.11. The predicted octanol–water partition coefficient (Wildman–Crippen LogP) is 2.77. The van der Waals surface area contributed by atoms with Gasteiger partial charge in [0.15, 0.2) is 0 Å². The molecule has 2 N–H and O–H groups in total. The van der Waals surface area contributed by atoms with Gasteiger partial charge in [-0.1, -0.05) is 17.7 Å². The zero-order chi connectivity index (χ0) is 11.1. The fraction of sp³-hybridized carbons (Fsp3) is 0.400. The zero-order valence-corrected chi connectivity index (χ0v) is 8.77. The summed E-state index contributed by atoms with van der Waals surface area (Å²) in [5.41, 5.74) is 6.69. The smallest absolute Gasteiger partial charge is 0.266 e. The van der Waals surface area contributed by atoms with E-state index in [9.17, 15) is 8.78 Å². The molecule has 0 atom stereocenters. The molecule has 1 heterocycles. The number of hydrogen-bond acceptors (Lipinski definition) is 2. The number of nitrogens with zero attached hydrogens (tertiary/aromatic N) is 1. The molecule has 0 aromatic heterocycles. The van der Waals surface area contributed by atoms with Gasteiger partial charge in [-0.3, -0.25) is 0 Å². The molecule has 0 aliphatic carbocycles. The van der Waals surface area contributed by atoms with Crippen LogP contribution < -0.4 is 10.6 Å². The van der Waals surface area contributed by atoms with Gasteiger partial charge in [0.2, 0.25) is 0 Å². The summed E-state index contributed by atoms with van der Waals surface area (Å²) in [5, 5.41) is 0.424. The van der Waals surface area contributed by atoms with E-state index in [1.54, 1.807) is 18.2 Å². The monoisotopic (exact) mass is 232 g/mol. The Morgan fingerprint density at radius 2 is 2.13 bits per heavy atom. The molecule has 2 rings (SSSR count). The van der Waals surface area contributed by atoms with Crippen molar-refractivity contribution in [2.24, 2.45) is 0 Å². The van der Waals surface area contributed by atoms with Crippen LogP contribution in [0, 0.1) is 0 Å². The van der Waals surface area contributed by atoms with Gasteiger partial charge in [-0.15, -0.1) is 0 Å². The minimum atomic E-state index is -2.63. The van der Waals surface area contributed by atoms with E-state index in [1.165, 1.54) is 4.90 Å². The maximum absolute atomic E-state index is 13.0. The molecule has 5 heteroatoms. The summed E-state index contributed by atoms with van der Waals surface area (Å²) in [6.45, 7) is -0.0120. The molecular weight excluding hydrogens is 222 g/mol. The second-order valence-electron chi connectivity index (χ2n) is 3.71. The highest BCUT2D eigenvalue weighted by Crippen LogP contribution is 2.37. The van der Waals surface area contributed by atoms with Gasteiger partial charge in [0, 0.05) is 13.0 Å². The Labute approximate surface area is 91.6 Å². The van der Waals surface area contributed by atoms with E-state index in [2.05, 4.69) is 0 Å². The molecule has 0 radical (unpaired) electrons. The summed E-state index contributed by atoms with van der Waals surface area (Å²) >= 11 is 5.94. The van der Waals surface area contributed by atoms with E-state index in [0.29, 0.717) is 22.9 Å². The van der Waals surface area contributed by atoms with Crippen molar-refractivity contribution in [2.75, 3.05) is 23.7 Å². The number of halogens is 3. The van der Waals surface area contributed by atoms with Crippen LogP contribution in [0.2, 0.25) is 5.02 Å². The third-order valence-electron chi connectivity index (χ3n) is 2.50. The van der Waals surface area contributed by atoms with Crippen LogP contribution in [-0.2, 0) is 0 Å². The van der Waals surface area contributed by atoms with Gasteiger partial charge in [-0.2, -0.15) is 0 Å². The molecule has 0 bridgehead atoms. The van der Waals surface area contributed by atoms with Crippen molar-refractivity contribution < 1.29 is 8.78 Å². The normalized spacial score (nSPS) is 19.5. The van der Waals surface area contributed by atoms with Gasteiger partial charge in [0.1, 0.15) is 0 Å². The summed E-state index contributed by atoms with van der Waals surface area (Å²) in [7, 11) is 0. The van der Waals surface area contributed by atoms with Crippen molar-refractivity contribution in [2.45, 2.75) is 12.3 Å². The molecule has 0 amide bonds. The summed E-state index contributed by atoms with van der Waals surface area (Å²) in [5.74, 6) is -2.63. The summed E-state index contributed by atoms with van der Waals surface area (Å²) in [6.07, 6.45) is -0.141. The Balaban J connectivity index is 2.31. The lowest BCUT2D eigenvalue weighted by Crippen LogP contribution is -2.25. The number of anilines is 2. The van der Waals surface area contributed by atoms with Crippen molar-refractivity contribution in [1.29, 1.82) is 0 Å². The van der Waals surface area contributed by atoms with E-state index >= 15 is 0 Å². The molecule has 0 unspecified atom stereocenters. The topological polar surface area (TPSA) is 29.3 Å². The number of nitrogen functional groups attached to an aromatic ring is 1. The van der Waals surface area contributed by atoms with Gasteiger partial charge < -0.3 is 10.6 Å². The van der Waals surface area contributed by atoms with E-state index in [-0.39, 0.29) is 13.0 Å². The van der Waals surface area contributed by atoms with Crippen LogP contribution in [0.15, 0.2) is 18.2 Å². The fourth-order valence-electron chi connectivity index (χ4n) is 1.79. The first-order valence-electron chi connectivity index (χ1n) is 4.66. The van der Waals surface area contributed by atoms with Crippen LogP contribution in [0.3, 0.4) is 0 Å². The molecule has 1 fully saturated rings. The molecule has 2 nitrogen and oxygen atoms in total. The fourth-order valence-corrected chi connectivity index (χ4v) is 2.09. The first-order valence-corrected chi connectivity index (χ1v) is 5.04. The van der Waals surface area contributed by atoms with Crippen LogP contribution in [0.4, 0.5) is 20.2 Å². The molecule has 0 spiro atoms. The summed E-state index contributed by atoms with van der Waals surface area (Å²) in [6, 6.07) is 5.02. The van der Waals surface area contributed by atoms with Crippen molar-refractivity contribution >= 4 is 23.0 Å². The second kappa shape index (κ2) is 3.52. The number of benzene rings is 1. The predicted molar refractivity (Wildman–Crippen MR) is 57.6 cm³/mol. The van der Waals surface area contributed by atoms with Crippen LogP contribution in [0.1, 0.15) is 6.42 Å². The Morgan fingerprint density at radius 3 is 2.67 bits per heavy atom. The van der Waals surface area contributed by atoms with E-state index < -0.39 is 5.92 Å².